The number of amides is 1. The Hall–Kier alpha value is -1.10. The largest absolute Gasteiger partial charge is 0.481 e. The number of carboxylic acids is 1. The zero-order chi connectivity index (χ0) is 17.2. The summed E-state index contributed by atoms with van der Waals surface area (Å²) in [5.74, 6) is 0.710. The zero-order valence-electron chi connectivity index (χ0n) is 15.0. The van der Waals surface area contributed by atoms with Gasteiger partial charge < -0.3 is 10.4 Å². The number of carboxylic acid groups (broad SMARTS) is 1. The van der Waals surface area contributed by atoms with E-state index >= 15 is 0 Å². The van der Waals surface area contributed by atoms with Crippen molar-refractivity contribution in [1.29, 1.82) is 0 Å². The topological polar surface area (TPSA) is 69.6 Å². The summed E-state index contributed by atoms with van der Waals surface area (Å²) in [6, 6.07) is 0. The molecular formula is C19H34N2O3. The van der Waals surface area contributed by atoms with Crippen molar-refractivity contribution in [2.45, 2.75) is 70.6 Å². The molecule has 138 valence electrons. The molecule has 2 fully saturated rings. The maximum absolute atomic E-state index is 12.1. The molecule has 1 heterocycles. The minimum absolute atomic E-state index is 0.123. The molecule has 1 atom stereocenters. The Kier molecular flexibility index (Phi) is 8.57. The van der Waals surface area contributed by atoms with E-state index in [0.29, 0.717) is 12.5 Å². The molecule has 1 aliphatic carbocycles. The number of nitrogens with zero attached hydrogens (tertiary/aromatic N) is 1. The van der Waals surface area contributed by atoms with E-state index in [4.69, 9.17) is 5.11 Å². The van der Waals surface area contributed by atoms with E-state index in [-0.39, 0.29) is 12.3 Å². The second kappa shape index (κ2) is 10.7. The third kappa shape index (κ3) is 7.65. The second-order valence-corrected chi connectivity index (χ2v) is 7.67. The van der Waals surface area contributed by atoms with Crippen molar-refractivity contribution in [2.24, 2.45) is 11.8 Å². The highest BCUT2D eigenvalue weighted by Crippen LogP contribution is 2.27. The van der Waals surface area contributed by atoms with Gasteiger partial charge >= 0.3 is 5.97 Å². The van der Waals surface area contributed by atoms with Crippen LogP contribution in [0.25, 0.3) is 0 Å². The standard InChI is InChI=1S/C19H34N2O3/c22-18(20-12-4-8-16-6-2-1-3-7-16)15-21-13-5-9-17(14-21)10-11-19(23)24/h16-17H,1-15H2,(H,20,22)(H,23,24). The Morgan fingerprint density at radius 3 is 2.50 bits per heavy atom. The summed E-state index contributed by atoms with van der Waals surface area (Å²) in [5.41, 5.74) is 0. The van der Waals surface area contributed by atoms with Crippen molar-refractivity contribution in [3.63, 3.8) is 0 Å². The molecular weight excluding hydrogens is 304 g/mol. The quantitative estimate of drug-likeness (QED) is 0.634. The van der Waals surface area contributed by atoms with Crippen LogP contribution in [0.1, 0.15) is 70.6 Å². The lowest BCUT2D eigenvalue weighted by Crippen LogP contribution is -2.42. The van der Waals surface area contributed by atoms with E-state index in [0.717, 1.165) is 51.2 Å². The van der Waals surface area contributed by atoms with Crippen LogP contribution in [0.5, 0.6) is 0 Å². The lowest BCUT2D eigenvalue weighted by Gasteiger charge is -2.32. The van der Waals surface area contributed by atoms with Crippen molar-refractivity contribution < 1.29 is 14.7 Å². The van der Waals surface area contributed by atoms with Gasteiger partial charge in [-0.25, -0.2) is 0 Å². The minimum atomic E-state index is -0.720. The van der Waals surface area contributed by atoms with Crippen LogP contribution in [-0.4, -0.2) is 48.1 Å². The highest BCUT2D eigenvalue weighted by molar-refractivity contribution is 5.77. The van der Waals surface area contributed by atoms with Gasteiger partial charge in [-0.2, -0.15) is 0 Å². The smallest absolute Gasteiger partial charge is 0.303 e. The summed E-state index contributed by atoms with van der Waals surface area (Å²) in [6.45, 7) is 3.08. The SMILES string of the molecule is O=C(O)CCC1CCCN(CC(=O)NCCCC2CCCCC2)C1. The first-order valence-corrected chi connectivity index (χ1v) is 9.84. The van der Waals surface area contributed by atoms with Crippen molar-refractivity contribution in [3.05, 3.63) is 0 Å². The van der Waals surface area contributed by atoms with E-state index in [1.54, 1.807) is 0 Å². The van der Waals surface area contributed by atoms with Crippen molar-refractivity contribution in [2.75, 3.05) is 26.2 Å². The van der Waals surface area contributed by atoms with Crippen LogP contribution in [0, 0.1) is 11.8 Å². The lowest BCUT2D eigenvalue weighted by atomic mass is 9.86. The number of piperidine rings is 1. The molecule has 1 aliphatic heterocycles. The van der Waals surface area contributed by atoms with Crippen LogP contribution in [0.4, 0.5) is 0 Å². The maximum Gasteiger partial charge on any atom is 0.303 e. The summed E-state index contributed by atoms with van der Waals surface area (Å²) in [6.07, 6.45) is 12.4. The summed E-state index contributed by atoms with van der Waals surface area (Å²) < 4.78 is 0. The summed E-state index contributed by atoms with van der Waals surface area (Å²) >= 11 is 0. The van der Waals surface area contributed by atoms with Crippen molar-refractivity contribution in [1.82, 2.24) is 10.2 Å². The summed E-state index contributed by atoms with van der Waals surface area (Å²) in [7, 11) is 0. The number of carbonyl (C=O) groups is 2. The Balaban J connectivity index is 1.55. The van der Waals surface area contributed by atoms with Gasteiger partial charge in [-0.05, 0) is 50.5 Å². The van der Waals surface area contributed by atoms with E-state index < -0.39 is 5.97 Å². The molecule has 1 amide bonds. The Morgan fingerprint density at radius 2 is 1.75 bits per heavy atom. The Bertz CT molecular complexity index is 394. The van der Waals surface area contributed by atoms with Gasteiger partial charge in [-0.1, -0.05) is 32.1 Å². The van der Waals surface area contributed by atoms with Crippen molar-refractivity contribution >= 4 is 11.9 Å². The molecule has 1 saturated heterocycles. The molecule has 0 aromatic heterocycles. The van der Waals surface area contributed by atoms with E-state index in [2.05, 4.69) is 10.2 Å². The molecule has 2 N–H and O–H groups in total. The van der Waals surface area contributed by atoms with Crippen molar-refractivity contribution in [3.8, 4) is 0 Å². The highest BCUT2D eigenvalue weighted by Gasteiger charge is 2.22. The molecule has 1 saturated carbocycles. The molecule has 0 radical (unpaired) electrons. The molecule has 2 aliphatic rings. The highest BCUT2D eigenvalue weighted by atomic mass is 16.4. The number of aliphatic carboxylic acids is 1. The van der Waals surface area contributed by atoms with Gasteiger partial charge in [0.15, 0.2) is 0 Å². The van der Waals surface area contributed by atoms with Gasteiger partial charge in [0.1, 0.15) is 0 Å². The van der Waals surface area contributed by atoms with Crippen LogP contribution in [0.15, 0.2) is 0 Å². The molecule has 0 aromatic rings. The average Bonchev–Trinajstić information content (AvgIpc) is 2.58. The molecule has 5 nitrogen and oxygen atoms in total. The third-order valence-electron chi connectivity index (χ3n) is 5.57. The van der Waals surface area contributed by atoms with Crippen LogP contribution in [0.3, 0.4) is 0 Å². The predicted octanol–water partition coefficient (Wildman–Crippen LogP) is 3.04. The molecule has 24 heavy (non-hydrogen) atoms. The summed E-state index contributed by atoms with van der Waals surface area (Å²) in [5, 5.41) is 11.9. The average molecular weight is 338 g/mol. The Morgan fingerprint density at radius 1 is 1.00 bits per heavy atom. The first-order valence-electron chi connectivity index (χ1n) is 9.84. The first kappa shape index (κ1) is 19.2. The third-order valence-corrected chi connectivity index (χ3v) is 5.57. The first-order chi connectivity index (χ1) is 11.6. The molecule has 0 bridgehead atoms. The number of hydrogen-bond acceptors (Lipinski definition) is 3. The number of hydrogen-bond donors (Lipinski definition) is 2. The normalized spacial score (nSPS) is 23.1. The minimum Gasteiger partial charge on any atom is -0.481 e. The van der Waals surface area contributed by atoms with Crippen LogP contribution in [0.2, 0.25) is 0 Å². The van der Waals surface area contributed by atoms with Gasteiger partial charge in [-0.15, -0.1) is 0 Å². The molecule has 0 aromatic carbocycles. The maximum atomic E-state index is 12.1. The van der Waals surface area contributed by atoms with Gasteiger partial charge in [-0.3, -0.25) is 14.5 Å². The number of likely N-dealkylation sites (tertiary alicyclic amines) is 1. The van der Waals surface area contributed by atoms with Crippen LogP contribution in [-0.2, 0) is 9.59 Å². The lowest BCUT2D eigenvalue weighted by molar-refractivity contribution is -0.137. The Labute approximate surface area is 146 Å². The van der Waals surface area contributed by atoms with Gasteiger partial charge in [0.25, 0.3) is 0 Å². The van der Waals surface area contributed by atoms with E-state index in [1.165, 1.54) is 38.5 Å². The fraction of sp³-hybridized carbons (Fsp3) is 0.895. The molecule has 2 rings (SSSR count). The van der Waals surface area contributed by atoms with Crippen LogP contribution < -0.4 is 5.32 Å². The molecule has 0 spiro atoms. The summed E-state index contributed by atoms with van der Waals surface area (Å²) in [4.78, 5) is 25.0. The fourth-order valence-electron chi connectivity index (χ4n) is 4.21. The molecule has 1 unspecified atom stereocenters. The van der Waals surface area contributed by atoms with E-state index in [1.807, 2.05) is 0 Å². The second-order valence-electron chi connectivity index (χ2n) is 7.67. The molecule has 5 heteroatoms. The number of carbonyl (C=O) groups excluding carboxylic acids is 1. The zero-order valence-corrected chi connectivity index (χ0v) is 15.0. The van der Waals surface area contributed by atoms with Gasteiger partial charge in [0, 0.05) is 19.5 Å². The van der Waals surface area contributed by atoms with Gasteiger partial charge in [0.2, 0.25) is 5.91 Å². The van der Waals surface area contributed by atoms with Crippen LogP contribution >= 0.6 is 0 Å². The van der Waals surface area contributed by atoms with Gasteiger partial charge in [0.05, 0.1) is 6.54 Å². The van der Waals surface area contributed by atoms with E-state index in [9.17, 15) is 9.59 Å². The monoisotopic (exact) mass is 338 g/mol. The fourth-order valence-corrected chi connectivity index (χ4v) is 4.21. The number of rotatable bonds is 9. The predicted molar refractivity (Wildman–Crippen MR) is 94.9 cm³/mol. The number of nitrogens with one attached hydrogen (secondary N) is 1.